The lowest BCUT2D eigenvalue weighted by Gasteiger charge is -2.47. The fourth-order valence-corrected chi connectivity index (χ4v) is 4.59. The van der Waals surface area contributed by atoms with E-state index in [9.17, 15) is 13.6 Å². The number of nitrogens with two attached hydrogens (primary N) is 1. The van der Waals surface area contributed by atoms with Crippen LogP contribution in [0.4, 0.5) is 8.78 Å². The monoisotopic (exact) mass is 480 g/mol. The summed E-state index contributed by atoms with van der Waals surface area (Å²) in [6.45, 7) is 0.232. The number of halogens is 3. The highest BCUT2D eigenvalue weighted by molar-refractivity contribution is 6.31. The predicted molar refractivity (Wildman–Crippen MR) is 116 cm³/mol. The third-order valence-electron chi connectivity index (χ3n) is 5.95. The Morgan fingerprint density at radius 2 is 2.15 bits per heavy atom. The Morgan fingerprint density at radius 1 is 1.33 bits per heavy atom. The van der Waals surface area contributed by atoms with E-state index in [1.807, 2.05) is 6.92 Å². The quantitative estimate of drug-likeness (QED) is 0.606. The van der Waals surface area contributed by atoms with Gasteiger partial charge in [0.2, 0.25) is 12.7 Å². The van der Waals surface area contributed by atoms with Crippen LogP contribution in [-0.2, 0) is 21.4 Å². The summed E-state index contributed by atoms with van der Waals surface area (Å²) in [5.41, 5.74) is 5.61. The average Bonchev–Trinajstić information content (AvgIpc) is 2.80. The van der Waals surface area contributed by atoms with Crippen LogP contribution in [0.15, 0.2) is 35.6 Å². The van der Waals surface area contributed by atoms with Crippen LogP contribution in [0.2, 0.25) is 5.02 Å². The number of aliphatic imine (C=N–C) groups is 1. The minimum absolute atomic E-state index is 0.0266. The molecule has 33 heavy (non-hydrogen) atoms. The zero-order valence-corrected chi connectivity index (χ0v) is 18.6. The normalized spacial score (nSPS) is 26.7. The van der Waals surface area contributed by atoms with E-state index >= 15 is 0 Å². The maximum Gasteiger partial charge on any atom is 0.283 e. The van der Waals surface area contributed by atoms with E-state index in [0.29, 0.717) is 22.6 Å². The molecule has 0 unspecified atom stereocenters. The Kier molecular flexibility index (Phi) is 6.76. The molecule has 0 aliphatic carbocycles. The maximum absolute atomic E-state index is 14.7. The first kappa shape index (κ1) is 23.3. The van der Waals surface area contributed by atoms with Crippen LogP contribution >= 0.6 is 11.6 Å². The molecule has 1 fully saturated rings. The second-order valence-corrected chi connectivity index (χ2v) is 8.47. The van der Waals surface area contributed by atoms with Crippen molar-refractivity contribution in [1.29, 1.82) is 0 Å². The lowest BCUT2D eigenvalue weighted by atomic mass is 9.73. The third-order valence-corrected chi connectivity index (χ3v) is 6.28. The molecule has 0 bridgehead atoms. The van der Waals surface area contributed by atoms with Gasteiger partial charge in [0.1, 0.15) is 24.0 Å². The largest absolute Gasteiger partial charge is 0.462 e. The van der Waals surface area contributed by atoms with Crippen LogP contribution in [0, 0.1) is 5.92 Å². The number of hydrogen-bond acceptors (Lipinski definition) is 8. The highest BCUT2D eigenvalue weighted by Gasteiger charge is 2.52. The van der Waals surface area contributed by atoms with Gasteiger partial charge in [0.05, 0.1) is 31.0 Å². The van der Waals surface area contributed by atoms with Gasteiger partial charge >= 0.3 is 0 Å². The summed E-state index contributed by atoms with van der Waals surface area (Å²) in [5.74, 6) is -0.802. The van der Waals surface area contributed by atoms with Crippen LogP contribution in [-0.4, -0.2) is 54.1 Å². The molecule has 11 heteroatoms. The average molecular weight is 481 g/mol. The van der Waals surface area contributed by atoms with E-state index in [2.05, 4.69) is 19.7 Å². The van der Waals surface area contributed by atoms with Crippen molar-refractivity contribution in [3.63, 3.8) is 0 Å². The van der Waals surface area contributed by atoms with Crippen molar-refractivity contribution in [1.82, 2.24) is 9.97 Å². The van der Waals surface area contributed by atoms with Gasteiger partial charge in [-0.1, -0.05) is 23.7 Å². The molecule has 0 spiro atoms. The van der Waals surface area contributed by atoms with Crippen LogP contribution in [0.3, 0.4) is 0 Å². The van der Waals surface area contributed by atoms with Gasteiger partial charge in [-0.05, 0) is 18.6 Å². The number of Topliss-reactive ketones (excluding diaryl/α,β-unsaturated/α-hetero) is 1. The van der Waals surface area contributed by atoms with Gasteiger partial charge in [0.25, 0.3) is 6.02 Å². The van der Waals surface area contributed by atoms with Crippen molar-refractivity contribution in [2.75, 3.05) is 20.1 Å². The summed E-state index contributed by atoms with van der Waals surface area (Å²) in [5, 5.41) is 0.298. The van der Waals surface area contributed by atoms with E-state index in [-0.39, 0.29) is 48.6 Å². The lowest BCUT2D eigenvalue weighted by Crippen LogP contribution is -2.55. The molecule has 2 N–H and O–H groups in total. The molecular weight excluding hydrogens is 458 g/mol. The van der Waals surface area contributed by atoms with Crippen molar-refractivity contribution in [2.24, 2.45) is 16.6 Å². The van der Waals surface area contributed by atoms with E-state index in [0.717, 1.165) is 0 Å². The molecule has 2 aliphatic rings. The second-order valence-electron chi connectivity index (χ2n) is 8.06. The number of nitrogens with zero attached hydrogens (tertiary/aromatic N) is 3. The van der Waals surface area contributed by atoms with Gasteiger partial charge in [0, 0.05) is 23.4 Å². The SMILES string of the molecule is C[C@@H]1C[C@H]2OC(N)=N[C@](CF)(c3cc(CC(=O)c4cnc(OCF)cn4)ccc3Cl)[C@H]2CO1. The number of alkyl halides is 2. The van der Waals surface area contributed by atoms with Gasteiger partial charge in [-0.15, -0.1) is 0 Å². The van der Waals surface area contributed by atoms with Crippen molar-refractivity contribution in [2.45, 2.75) is 37.5 Å². The summed E-state index contributed by atoms with van der Waals surface area (Å²) in [6.07, 6.45) is 2.45. The zero-order chi connectivity index (χ0) is 23.6. The molecule has 1 saturated heterocycles. The first-order valence-electron chi connectivity index (χ1n) is 10.4. The Labute approximate surface area is 194 Å². The van der Waals surface area contributed by atoms with Gasteiger partial charge < -0.3 is 19.9 Å². The number of carbonyl (C=O) groups excluding carboxylic acids is 1. The second kappa shape index (κ2) is 9.56. The Bertz CT molecular complexity index is 1060. The zero-order valence-electron chi connectivity index (χ0n) is 17.8. The topological polar surface area (TPSA) is 109 Å². The first-order valence-corrected chi connectivity index (χ1v) is 10.8. The van der Waals surface area contributed by atoms with E-state index < -0.39 is 25.0 Å². The molecule has 4 rings (SSSR count). The van der Waals surface area contributed by atoms with E-state index in [1.54, 1.807) is 18.2 Å². The van der Waals surface area contributed by atoms with Crippen molar-refractivity contribution >= 4 is 23.4 Å². The van der Waals surface area contributed by atoms with Gasteiger partial charge in [0.15, 0.2) is 5.78 Å². The standard InChI is InChI=1S/C22H23ClF2N4O4/c1-12-4-19-15(9-31-12)22(10-24,29-21(26)33-19)14-5-13(2-3-16(14)23)6-18(30)17-7-28-20(8-27-17)32-11-25/h2-3,5,7-8,12,15,19H,4,6,9-11H2,1H3,(H2,26,29)/t12-,15+,19-,22-/m1/s1. The molecule has 0 radical (unpaired) electrons. The maximum atomic E-state index is 14.7. The van der Waals surface area contributed by atoms with Crippen LogP contribution in [0.25, 0.3) is 0 Å². The molecule has 176 valence electrons. The Morgan fingerprint density at radius 3 is 2.85 bits per heavy atom. The Balaban J connectivity index is 1.64. The number of ketones is 1. The van der Waals surface area contributed by atoms with Crippen molar-refractivity contribution in [3.05, 3.63) is 52.4 Å². The summed E-state index contributed by atoms with van der Waals surface area (Å²) < 4.78 is 43.0. The number of amidine groups is 1. The Hall–Kier alpha value is -2.85. The van der Waals surface area contributed by atoms with E-state index in [4.69, 9.17) is 26.8 Å². The minimum Gasteiger partial charge on any atom is -0.462 e. The summed E-state index contributed by atoms with van der Waals surface area (Å²) >= 11 is 6.50. The van der Waals surface area contributed by atoms with E-state index in [1.165, 1.54) is 12.4 Å². The number of aromatic nitrogens is 2. The molecule has 4 atom stereocenters. The molecular formula is C22H23ClF2N4O4. The molecule has 1 aromatic heterocycles. The smallest absolute Gasteiger partial charge is 0.283 e. The summed E-state index contributed by atoms with van der Waals surface area (Å²) in [6, 6.07) is 4.83. The lowest BCUT2D eigenvalue weighted by molar-refractivity contribution is -0.109. The number of carbonyl (C=O) groups is 1. The highest BCUT2D eigenvalue weighted by Crippen LogP contribution is 2.46. The fraction of sp³-hybridized carbons (Fsp3) is 0.455. The summed E-state index contributed by atoms with van der Waals surface area (Å²) in [7, 11) is 0. The number of hydrogen-bond donors (Lipinski definition) is 1. The number of rotatable bonds is 7. The van der Waals surface area contributed by atoms with Crippen LogP contribution in [0.1, 0.15) is 35.0 Å². The van der Waals surface area contributed by atoms with Crippen LogP contribution < -0.4 is 10.5 Å². The molecule has 0 saturated carbocycles. The number of ether oxygens (including phenoxy) is 3. The third kappa shape index (κ3) is 4.63. The predicted octanol–water partition coefficient (Wildman–Crippen LogP) is 3.16. The van der Waals surface area contributed by atoms with Crippen molar-refractivity contribution in [3.8, 4) is 5.88 Å². The molecule has 3 heterocycles. The summed E-state index contributed by atoms with van der Waals surface area (Å²) in [4.78, 5) is 24.9. The number of benzene rings is 1. The molecule has 1 aromatic carbocycles. The molecule has 2 aromatic rings. The van der Waals surface area contributed by atoms with Crippen molar-refractivity contribution < 1.29 is 27.8 Å². The van der Waals surface area contributed by atoms with Gasteiger partial charge in [-0.3, -0.25) is 4.79 Å². The molecule has 2 aliphatic heterocycles. The molecule has 0 amide bonds. The van der Waals surface area contributed by atoms with Gasteiger partial charge in [-0.2, -0.15) is 0 Å². The molecule has 8 nitrogen and oxygen atoms in total. The van der Waals surface area contributed by atoms with Crippen LogP contribution in [0.5, 0.6) is 5.88 Å². The fourth-order valence-electron chi connectivity index (χ4n) is 4.31. The first-order chi connectivity index (χ1) is 15.9. The minimum atomic E-state index is -1.39. The van der Waals surface area contributed by atoms with Gasteiger partial charge in [-0.25, -0.2) is 23.7 Å². The number of fused-ring (bicyclic) bond motifs is 1. The highest BCUT2D eigenvalue weighted by atomic mass is 35.5.